The molecule has 3 aliphatic heterocycles. The maximum Gasteiger partial charge on any atom is 0.396 e. The van der Waals surface area contributed by atoms with Gasteiger partial charge in [-0.2, -0.15) is 0 Å². The number of imide groups is 1. The molecular weight excluding hydrogens is 1050 g/mol. The van der Waals surface area contributed by atoms with Crippen molar-refractivity contribution in [1.29, 1.82) is 0 Å². The van der Waals surface area contributed by atoms with E-state index in [1.807, 2.05) is 66.7 Å². The molecule has 24 heteroatoms. The van der Waals surface area contributed by atoms with E-state index in [1.54, 1.807) is 19.2 Å². The number of rotatable bonds is 19. The maximum absolute atomic E-state index is 15.1. The van der Waals surface area contributed by atoms with Gasteiger partial charge in [-0.1, -0.05) is 72.8 Å². The van der Waals surface area contributed by atoms with Crippen molar-refractivity contribution in [1.82, 2.24) is 45.2 Å². The van der Waals surface area contributed by atoms with Crippen LogP contribution in [0.5, 0.6) is 0 Å². The van der Waals surface area contributed by atoms with E-state index in [4.69, 9.17) is 5.73 Å². The second-order valence-corrected chi connectivity index (χ2v) is 22.0. The zero-order chi connectivity index (χ0) is 57.0. The van der Waals surface area contributed by atoms with Gasteiger partial charge >= 0.3 is 13.3 Å². The summed E-state index contributed by atoms with van der Waals surface area (Å²) in [5.41, 5.74) is 7.15. The number of carbonyl (C=O) groups is 9. The van der Waals surface area contributed by atoms with Crippen molar-refractivity contribution in [3.63, 3.8) is 0 Å². The molecule has 6 aromatic rings. The van der Waals surface area contributed by atoms with E-state index in [0.717, 1.165) is 16.7 Å². The lowest BCUT2D eigenvalue weighted by Crippen LogP contribution is -2.62. The van der Waals surface area contributed by atoms with Gasteiger partial charge in [0.25, 0.3) is 11.4 Å². The second-order valence-electron chi connectivity index (χ2n) is 20.5. The molecule has 4 aromatic carbocycles. The molecule has 3 saturated heterocycles. The molecule has 0 aliphatic carbocycles. The Labute approximate surface area is 457 Å². The van der Waals surface area contributed by atoms with Crippen LogP contribution in [0.4, 0.5) is 0 Å². The summed E-state index contributed by atoms with van der Waals surface area (Å²) in [4.78, 5) is 160. The number of amides is 8. The molecule has 3 aliphatic rings. The van der Waals surface area contributed by atoms with Gasteiger partial charge < -0.3 is 46.3 Å². The first kappa shape index (κ1) is 56.2. The molecule has 0 saturated carbocycles. The summed E-state index contributed by atoms with van der Waals surface area (Å²) in [6.45, 7) is -0.169. The van der Waals surface area contributed by atoms with Crippen LogP contribution in [0.15, 0.2) is 108 Å². The van der Waals surface area contributed by atoms with Gasteiger partial charge in [0.05, 0.1) is 17.1 Å². The number of hydrogen-bond donors (Lipinski definition) is 8. The van der Waals surface area contributed by atoms with Crippen molar-refractivity contribution in [3.8, 4) is 0 Å². The molecule has 5 heterocycles. The largest absolute Gasteiger partial charge is 0.396 e. The summed E-state index contributed by atoms with van der Waals surface area (Å²) < 4.78 is 14.6. The minimum atomic E-state index is -5.14. The van der Waals surface area contributed by atoms with E-state index in [-0.39, 0.29) is 80.6 Å². The van der Waals surface area contributed by atoms with Crippen molar-refractivity contribution in [3.05, 3.63) is 142 Å². The van der Waals surface area contributed by atoms with Gasteiger partial charge in [0.2, 0.25) is 41.4 Å². The standard InChI is InChI=1S/C56H61N10O13P/c1-63-49-34(16-10-17-42(49)66(56(63)76)44-24-26-46(68)61-53(44)73)15-8-9-18-47(69)64-28-27-37-20-23-43(52(72)59-39(22-25-45(57)67)50(70)62-48(32-11-4-2-5-12-32)33-13-6-3-7-14-33)65(37)54(74)41(31-64)60-51(71)40-30-36-29-35(19-21-38(36)58-40)55(75)80(77,78)79/h2-7,10-14,16-17,19,21,29-30,37,39,41,43-44,48,58H,8-9,15,18,20,22-28,31H2,1H3,(H2,57,67)(H,59,72)(H,60,71)(H,62,70)(H,61,68,73)(H2,77,78,79)/t37-,39+,41+,43+,44?/m1/s1. The number of H-pyrrole nitrogens is 1. The fraction of sp³-hybridized carbons (Fsp3) is 0.357. The number of para-hydroxylation sites is 1. The van der Waals surface area contributed by atoms with Gasteiger partial charge in [0.1, 0.15) is 29.9 Å². The maximum atomic E-state index is 15.1. The highest BCUT2D eigenvalue weighted by Gasteiger charge is 2.46. The average Bonchev–Trinajstić information content (AvgIpc) is 4.19. The molecule has 23 nitrogen and oxygen atoms in total. The lowest BCUT2D eigenvalue weighted by Gasteiger charge is -2.39. The van der Waals surface area contributed by atoms with E-state index in [9.17, 15) is 57.5 Å². The topological polar surface area (TPSA) is 335 Å². The number of fused-ring (bicyclic) bond motifs is 3. The highest BCUT2D eigenvalue weighted by Crippen LogP contribution is 2.40. The van der Waals surface area contributed by atoms with E-state index in [1.165, 1.54) is 43.2 Å². The number of aryl methyl sites for hydroxylation is 2. The minimum Gasteiger partial charge on any atom is -0.370 e. The SMILES string of the molecule is Cn1c(=O)n(C2CCC(=O)NC2=O)c2cccc(CCCCC(=O)N3CC[C@H]4CC[C@@H](C(=O)N[C@@H](CCC(N)=O)C(=O)NC(c5ccccc5)c5ccccc5)N4C(=O)[C@@H](NC(=O)c4cc5cc(C(=O)P(=O)(O)O)ccc5[nH]4)C3)c21. The molecule has 9 rings (SSSR count). The number of unbranched alkanes of at least 4 members (excludes halogenated alkanes) is 1. The average molecular weight is 1110 g/mol. The third-order valence-electron chi connectivity index (χ3n) is 15.2. The Hall–Kier alpha value is -8.53. The number of aromatic amines is 1. The van der Waals surface area contributed by atoms with Crippen LogP contribution in [0.2, 0.25) is 0 Å². The third kappa shape index (κ3) is 12.2. The highest BCUT2D eigenvalue weighted by molar-refractivity contribution is 7.70. The number of hydrogen-bond acceptors (Lipinski definition) is 11. The number of aromatic nitrogens is 3. The molecule has 1 unspecified atom stereocenters. The first-order valence-electron chi connectivity index (χ1n) is 26.4. The number of imidazole rings is 1. The Balaban J connectivity index is 0.936. The summed E-state index contributed by atoms with van der Waals surface area (Å²) in [5.74, 6) is -4.74. The van der Waals surface area contributed by atoms with Crippen LogP contribution < -0.4 is 32.7 Å². The van der Waals surface area contributed by atoms with Gasteiger partial charge in [0, 0.05) is 61.9 Å². The van der Waals surface area contributed by atoms with E-state index in [0.29, 0.717) is 42.2 Å². The monoisotopic (exact) mass is 1110 g/mol. The van der Waals surface area contributed by atoms with Crippen molar-refractivity contribution < 1.29 is 57.5 Å². The molecule has 0 bridgehead atoms. The van der Waals surface area contributed by atoms with E-state index in [2.05, 4.69) is 26.3 Å². The van der Waals surface area contributed by atoms with Crippen LogP contribution >= 0.6 is 7.60 Å². The minimum absolute atomic E-state index is 0.0440. The first-order valence-corrected chi connectivity index (χ1v) is 28.0. The predicted molar refractivity (Wildman–Crippen MR) is 290 cm³/mol. The van der Waals surface area contributed by atoms with Crippen LogP contribution in [0.25, 0.3) is 21.9 Å². The molecule has 418 valence electrons. The number of carbonyl (C=O) groups excluding carboxylic acids is 9. The number of nitrogens with zero attached hydrogens (tertiary/aromatic N) is 4. The smallest absolute Gasteiger partial charge is 0.370 e. The Morgan fingerprint density at radius 3 is 2.20 bits per heavy atom. The number of nitrogens with one attached hydrogen (secondary N) is 5. The summed E-state index contributed by atoms with van der Waals surface area (Å²) in [6.07, 6.45) is 2.01. The van der Waals surface area contributed by atoms with Crippen LogP contribution in [0, 0.1) is 0 Å². The Morgan fingerprint density at radius 2 is 1.52 bits per heavy atom. The van der Waals surface area contributed by atoms with Crippen LogP contribution in [0.3, 0.4) is 0 Å². The zero-order valence-corrected chi connectivity index (χ0v) is 44.6. The van der Waals surface area contributed by atoms with E-state index >= 15 is 4.79 Å². The predicted octanol–water partition coefficient (Wildman–Crippen LogP) is 2.88. The number of nitrogens with two attached hydrogens (primary N) is 1. The van der Waals surface area contributed by atoms with Gasteiger partial charge in [-0.25, -0.2) is 4.79 Å². The lowest BCUT2D eigenvalue weighted by molar-refractivity contribution is -0.145. The normalized spacial score (nSPS) is 19.0. The summed E-state index contributed by atoms with van der Waals surface area (Å²) >= 11 is 0. The molecule has 5 atom stereocenters. The Morgan fingerprint density at radius 1 is 0.812 bits per heavy atom. The number of benzene rings is 4. The molecule has 0 spiro atoms. The van der Waals surface area contributed by atoms with Crippen molar-refractivity contribution in [2.75, 3.05) is 13.1 Å². The number of primary amides is 1. The van der Waals surface area contributed by atoms with Crippen molar-refractivity contribution >= 4 is 82.3 Å². The Kier molecular flexibility index (Phi) is 16.7. The molecule has 80 heavy (non-hydrogen) atoms. The Bertz CT molecular complexity index is 3500. The van der Waals surface area contributed by atoms with Crippen molar-refractivity contribution in [2.24, 2.45) is 12.8 Å². The molecule has 9 N–H and O–H groups in total. The van der Waals surface area contributed by atoms with Gasteiger partial charge in [-0.05, 0) is 98.4 Å². The lowest BCUT2D eigenvalue weighted by atomic mass is 9.98. The van der Waals surface area contributed by atoms with Gasteiger partial charge in [-0.15, -0.1) is 0 Å². The quantitative estimate of drug-likeness (QED) is 0.0329. The fourth-order valence-corrected chi connectivity index (χ4v) is 11.7. The van der Waals surface area contributed by atoms with Crippen molar-refractivity contribution in [2.45, 2.75) is 107 Å². The summed E-state index contributed by atoms with van der Waals surface area (Å²) in [7, 11) is -3.52. The van der Waals surface area contributed by atoms with Crippen LogP contribution in [-0.2, 0) is 51.6 Å². The molecular formula is C56H61N10O13P. The number of piperidine rings is 1. The van der Waals surface area contributed by atoms with E-state index < -0.39 is 96.4 Å². The molecule has 3 fully saturated rings. The first-order chi connectivity index (χ1) is 38.3. The summed E-state index contributed by atoms with van der Waals surface area (Å²) in [5, 5.41) is 11.2. The molecule has 2 aromatic heterocycles. The van der Waals surface area contributed by atoms with Crippen LogP contribution in [-0.4, -0.2) is 124 Å². The highest BCUT2D eigenvalue weighted by atomic mass is 31.2. The summed E-state index contributed by atoms with van der Waals surface area (Å²) in [6, 6.07) is 23.0. The van der Waals surface area contributed by atoms with Gasteiger partial charge in [0.15, 0.2) is 0 Å². The molecule has 8 amide bonds. The second kappa shape index (κ2) is 23.8. The molecule has 0 radical (unpaired) electrons. The van der Waals surface area contributed by atoms with Crippen LogP contribution in [0.1, 0.15) is 114 Å². The van der Waals surface area contributed by atoms with Gasteiger partial charge in [-0.3, -0.25) is 62.2 Å². The fourth-order valence-electron chi connectivity index (χ4n) is 11.2. The zero-order valence-electron chi connectivity index (χ0n) is 43.7. The third-order valence-corrected chi connectivity index (χ3v) is 16.0.